The first kappa shape index (κ1) is 18.7. The molecule has 0 heterocycles. The van der Waals surface area contributed by atoms with Gasteiger partial charge >= 0.3 is 5.97 Å². The molecule has 0 saturated carbocycles. The van der Waals surface area contributed by atoms with Gasteiger partial charge in [0, 0.05) is 24.2 Å². The number of anilines is 2. The molecule has 6 heteroatoms. The van der Waals surface area contributed by atoms with Gasteiger partial charge in [-0.25, -0.2) is 0 Å². The minimum Gasteiger partial charge on any atom is -0.481 e. The molecule has 0 aliphatic rings. The van der Waals surface area contributed by atoms with Gasteiger partial charge in [0.1, 0.15) is 0 Å². The Morgan fingerprint density at radius 2 is 1.35 bits per heavy atom. The van der Waals surface area contributed by atoms with Gasteiger partial charge < -0.3 is 15.7 Å². The Bertz CT molecular complexity index is 562. The van der Waals surface area contributed by atoms with Crippen molar-refractivity contribution in [1.29, 1.82) is 0 Å². The van der Waals surface area contributed by atoms with Gasteiger partial charge in [-0.3, -0.25) is 14.4 Å². The van der Waals surface area contributed by atoms with Gasteiger partial charge in [-0.1, -0.05) is 20.8 Å². The number of carboxylic acids is 1. The third-order valence-electron chi connectivity index (χ3n) is 4.08. The molecule has 0 saturated heterocycles. The Morgan fingerprint density at radius 3 is 1.70 bits per heavy atom. The summed E-state index contributed by atoms with van der Waals surface area (Å²) in [7, 11) is 0. The van der Waals surface area contributed by atoms with Crippen molar-refractivity contribution in [2.24, 2.45) is 5.41 Å². The SMILES string of the molecule is CCC(=O)Nc1ccc(NC(=O)CC(CC)(CC)C(=O)O)cc1. The summed E-state index contributed by atoms with van der Waals surface area (Å²) in [4.78, 5) is 34.8. The van der Waals surface area contributed by atoms with E-state index in [2.05, 4.69) is 10.6 Å². The van der Waals surface area contributed by atoms with E-state index in [4.69, 9.17) is 0 Å². The first-order valence-corrected chi connectivity index (χ1v) is 7.80. The summed E-state index contributed by atoms with van der Waals surface area (Å²) in [6, 6.07) is 6.72. The van der Waals surface area contributed by atoms with Crippen molar-refractivity contribution in [3.8, 4) is 0 Å². The lowest BCUT2D eigenvalue weighted by Gasteiger charge is -2.25. The monoisotopic (exact) mass is 320 g/mol. The molecule has 0 bridgehead atoms. The Morgan fingerprint density at radius 1 is 0.913 bits per heavy atom. The van der Waals surface area contributed by atoms with Gasteiger partial charge in [-0.2, -0.15) is 0 Å². The van der Waals surface area contributed by atoms with Crippen LogP contribution in [0.4, 0.5) is 11.4 Å². The van der Waals surface area contributed by atoms with Crippen molar-refractivity contribution in [2.75, 3.05) is 10.6 Å². The average molecular weight is 320 g/mol. The second-order valence-electron chi connectivity index (χ2n) is 5.50. The molecule has 0 radical (unpaired) electrons. The molecule has 1 aromatic carbocycles. The molecular weight excluding hydrogens is 296 g/mol. The van der Waals surface area contributed by atoms with E-state index in [1.54, 1.807) is 45.0 Å². The fourth-order valence-electron chi connectivity index (χ4n) is 2.28. The standard InChI is InChI=1S/C17H24N2O4/c1-4-14(20)18-12-7-9-13(10-8-12)19-15(21)11-17(5-2,6-3)16(22)23/h7-10H,4-6,11H2,1-3H3,(H,18,20)(H,19,21)(H,22,23). The smallest absolute Gasteiger partial charge is 0.310 e. The van der Waals surface area contributed by atoms with Crippen molar-refractivity contribution in [3.05, 3.63) is 24.3 Å². The zero-order chi connectivity index (χ0) is 17.5. The summed E-state index contributed by atoms with van der Waals surface area (Å²) in [6.07, 6.45) is 1.12. The third kappa shape index (κ3) is 5.09. The fraction of sp³-hybridized carbons (Fsp3) is 0.471. The minimum absolute atomic E-state index is 0.0658. The zero-order valence-electron chi connectivity index (χ0n) is 13.8. The summed E-state index contributed by atoms with van der Waals surface area (Å²) >= 11 is 0. The highest BCUT2D eigenvalue weighted by molar-refractivity contribution is 5.95. The number of benzene rings is 1. The number of aliphatic carboxylic acids is 1. The number of carbonyl (C=O) groups is 3. The molecule has 2 amide bonds. The van der Waals surface area contributed by atoms with E-state index < -0.39 is 11.4 Å². The number of hydrogen-bond acceptors (Lipinski definition) is 3. The lowest BCUT2D eigenvalue weighted by atomic mass is 9.79. The Kier molecular flexibility index (Phi) is 6.75. The molecule has 0 aliphatic heterocycles. The summed E-state index contributed by atoms with van der Waals surface area (Å²) in [5.74, 6) is -1.37. The summed E-state index contributed by atoms with van der Waals surface area (Å²) in [5, 5.41) is 14.8. The maximum Gasteiger partial charge on any atom is 0.310 e. The summed E-state index contributed by atoms with van der Waals surface area (Å²) in [5.41, 5.74) is 0.187. The highest BCUT2D eigenvalue weighted by Crippen LogP contribution is 2.31. The second-order valence-corrected chi connectivity index (χ2v) is 5.50. The van der Waals surface area contributed by atoms with E-state index in [1.165, 1.54) is 0 Å². The summed E-state index contributed by atoms with van der Waals surface area (Å²) < 4.78 is 0. The van der Waals surface area contributed by atoms with Crippen LogP contribution in [-0.2, 0) is 14.4 Å². The second kappa shape index (κ2) is 8.31. The highest BCUT2D eigenvalue weighted by Gasteiger charge is 2.37. The average Bonchev–Trinajstić information content (AvgIpc) is 2.54. The van der Waals surface area contributed by atoms with Gasteiger partial charge in [-0.05, 0) is 37.1 Å². The van der Waals surface area contributed by atoms with E-state index in [0.29, 0.717) is 30.6 Å². The van der Waals surface area contributed by atoms with Crippen LogP contribution in [0, 0.1) is 5.41 Å². The van der Waals surface area contributed by atoms with Crippen molar-refractivity contribution in [1.82, 2.24) is 0 Å². The number of amides is 2. The number of hydrogen-bond donors (Lipinski definition) is 3. The van der Waals surface area contributed by atoms with E-state index in [-0.39, 0.29) is 18.2 Å². The van der Waals surface area contributed by atoms with Crippen LogP contribution in [0.3, 0.4) is 0 Å². The van der Waals surface area contributed by atoms with Gasteiger partial charge in [0.2, 0.25) is 11.8 Å². The Labute approximate surface area is 136 Å². The van der Waals surface area contributed by atoms with Gasteiger partial charge in [0.05, 0.1) is 5.41 Å². The van der Waals surface area contributed by atoms with Crippen LogP contribution in [0.15, 0.2) is 24.3 Å². The topological polar surface area (TPSA) is 95.5 Å². The lowest BCUT2D eigenvalue weighted by Crippen LogP contribution is -2.34. The van der Waals surface area contributed by atoms with Crippen molar-refractivity contribution >= 4 is 29.2 Å². The fourth-order valence-corrected chi connectivity index (χ4v) is 2.28. The van der Waals surface area contributed by atoms with Gasteiger partial charge in [0.25, 0.3) is 0 Å². The molecule has 126 valence electrons. The Hall–Kier alpha value is -2.37. The molecular formula is C17H24N2O4. The first-order chi connectivity index (χ1) is 10.9. The van der Waals surface area contributed by atoms with E-state index in [1.807, 2.05) is 0 Å². The van der Waals surface area contributed by atoms with E-state index in [9.17, 15) is 19.5 Å². The number of nitrogens with one attached hydrogen (secondary N) is 2. The number of carboxylic acid groups (broad SMARTS) is 1. The normalized spacial score (nSPS) is 10.9. The minimum atomic E-state index is -1.03. The molecule has 0 aliphatic carbocycles. The zero-order valence-corrected chi connectivity index (χ0v) is 13.8. The molecule has 23 heavy (non-hydrogen) atoms. The molecule has 6 nitrogen and oxygen atoms in total. The maximum absolute atomic E-state index is 12.1. The molecule has 0 unspecified atom stereocenters. The van der Waals surface area contributed by atoms with Crippen LogP contribution in [0.5, 0.6) is 0 Å². The van der Waals surface area contributed by atoms with Crippen LogP contribution in [0.25, 0.3) is 0 Å². The Balaban J connectivity index is 2.70. The molecule has 0 spiro atoms. The third-order valence-corrected chi connectivity index (χ3v) is 4.08. The van der Waals surface area contributed by atoms with Crippen molar-refractivity contribution in [3.63, 3.8) is 0 Å². The summed E-state index contributed by atoms with van der Waals surface area (Å²) in [6.45, 7) is 5.31. The molecule has 0 aromatic heterocycles. The molecule has 0 atom stereocenters. The molecule has 3 N–H and O–H groups in total. The quantitative estimate of drug-likeness (QED) is 0.685. The van der Waals surface area contributed by atoms with E-state index in [0.717, 1.165) is 0 Å². The van der Waals surface area contributed by atoms with Crippen LogP contribution < -0.4 is 10.6 Å². The van der Waals surface area contributed by atoms with Gasteiger partial charge in [0.15, 0.2) is 0 Å². The van der Waals surface area contributed by atoms with Crippen molar-refractivity contribution < 1.29 is 19.5 Å². The van der Waals surface area contributed by atoms with Crippen LogP contribution in [0.1, 0.15) is 46.5 Å². The number of carbonyl (C=O) groups excluding carboxylic acids is 2. The molecule has 1 rings (SSSR count). The van der Waals surface area contributed by atoms with Crippen LogP contribution >= 0.6 is 0 Å². The molecule has 0 fully saturated rings. The van der Waals surface area contributed by atoms with Crippen molar-refractivity contribution in [2.45, 2.75) is 46.5 Å². The first-order valence-electron chi connectivity index (χ1n) is 7.80. The van der Waals surface area contributed by atoms with Gasteiger partial charge in [-0.15, -0.1) is 0 Å². The predicted octanol–water partition coefficient (Wildman–Crippen LogP) is 3.25. The molecule has 1 aromatic rings. The highest BCUT2D eigenvalue weighted by atomic mass is 16.4. The predicted molar refractivity (Wildman–Crippen MR) is 89.3 cm³/mol. The van der Waals surface area contributed by atoms with Crippen LogP contribution in [0.2, 0.25) is 0 Å². The largest absolute Gasteiger partial charge is 0.481 e. The number of rotatable bonds is 8. The lowest BCUT2D eigenvalue weighted by molar-refractivity contribution is -0.151. The maximum atomic E-state index is 12.1. The van der Waals surface area contributed by atoms with E-state index >= 15 is 0 Å². The van der Waals surface area contributed by atoms with Crippen LogP contribution in [-0.4, -0.2) is 22.9 Å².